The standard InChI is InChI=1S/C4H8O6S/c1-2-3-4(5)9-10-11(6,7)8/h2-3H2,1H3,(H,6,7,8). The van der Waals surface area contributed by atoms with Gasteiger partial charge in [0.25, 0.3) is 0 Å². The largest absolute Gasteiger partial charge is 0.432 e. The van der Waals surface area contributed by atoms with Crippen molar-refractivity contribution in [3.63, 3.8) is 0 Å². The Bertz CT molecular complexity index is 217. The second-order valence-corrected chi connectivity index (χ2v) is 2.69. The number of hydrogen-bond acceptors (Lipinski definition) is 5. The van der Waals surface area contributed by atoms with Gasteiger partial charge in [0.05, 0.1) is 0 Å². The maximum Gasteiger partial charge on any atom is 0.432 e. The fourth-order valence-electron chi connectivity index (χ4n) is 0.327. The molecule has 0 saturated carbocycles. The molecule has 11 heavy (non-hydrogen) atoms. The number of rotatable bonds is 4. The molecule has 66 valence electrons. The monoisotopic (exact) mass is 184 g/mol. The molecule has 0 amide bonds. The molecule has 7 heteroatoms. The van der Waals surface area contributed by atoms with E-state index >= 15 is 0 Å². The highest BCUT2D eigenvalue weighted by Crippen LogP contribution is 1.94. The lowest BCUT2D eigenvalue weighted by atomic mass is 10.3. The maximum absolute atomic E-state index is 10.4. The third kappa shape index (κ3) is 7.23. The minimum atomic E-state index is -4.68. The Morgan fingerprint density at radius 3 is 2.45 bits per heavy atom. The Morgan fingerprint density at radius 2 is 2.09 bits per heavy atom. The van der Waals surface area contributed by atoms with E-state index in [-0.39, 0.29) is 6.42 Å². The predicted octanol–water partition coefficient (Wildman–Crippen LogP) is 0.0641. The van der Waals surface area contributed by atoms with Crippen molar-refractivity contribution in [1.29, 1.82) is 0 Å². The molecule has 0 rings (SSSR count). The summed E-state index contributed by atoms with van der Waals surface area (Å²) in [5.74, 6) is -0.842. The van der Waals surface area contributed by atoms with Gasteiger partial charge in [-0.2, -0.15) is 8.42 Å². The molecule has 0 heterocycles. The van der Waals surface area contributed by atoms with Crippen LogP contribution in [0.5, 0.6) is 0 Å². The Morgan fingerprint density at radius 1 is 1.55 bits per heavy atom. The predicted molar refractivity (Wildman–Crippen MR) is 33.6 cm³/mol. The zero-order valence-corrected chi connectivity index (χ0v) is 6.63. The molecule has 0 aromatic heterocycles. The van der Waals surface area contributed by atoms with E-state index in [1.165, 1.54) is 0 Å². The third-order valence-corrected chi connectivity index (χ3v) is 0.907. The molecule has 0 aliphatic rings. The maximum atomic E-state index is 10.4. The quantitative estimate of drug-likeness (QED) is 0.377. The van der Waals surface area contributed by atoms with E-state index in [9.17, 15) is 13.2 Å². The van der Waals surface area contributed by atoms with E-state index in [1.54, 1.807) is 6.92 Å². The smallest absolute Gasteiger partial charge is 0.280 e. The number of hydrogen-bond donors (Lipinski definition) is 1. The first-order chi connectivity index (χ1) is 4.95. The molecular weight excluding hydrogens is 176 g/mol. The fourth-order valence-corrected chi connectivity index (χ4v) is 0.489. The normalized spacial score (nSPS) is 11.1. The number of carbonyl (C=O) groups is 1. The molecule has 0 aromatic carbocycles. The third-order valence-electron chi connectivity index (χ3n) is 0.667. The molecule has 1 N–H and O–H groups in total. The minimum absolute atomic E-state index is 0.0372. The van der Waals surface area contributed by atoms with Crippen LogP contribution in [0.1, 0.15) is 19.8 Å². The van der Waals surface area contributed by atoms with Crippen LogP contribution in [-0.4, -0.2) is 18.9 Å². The van der Waals surface area contributed by atoms with Crippen LogP contribution in [0.15, 0.2) is 0 Å². The summed E-state index contributed by atoms with van der Waals surface area (Å²) in [5.41, 5.74) is 0. The van der Waals surface area contributed by atoms with Crippen LogP contribution in [0.4, 0.5) is 0 Å². The SMILES string of the molecule is CCCC(=O)OOS(=O)(=O)O. The van der Waals surface area contributed by atoms with Crippen LogP contribution in [0.2, 0.25) is 0 Å². The van der Waals surface area contributed by atoms with Crippen molar-refractivity contribution in [3.05, 3.63) is 0 Å². The molecule has 0 aromatic rings. The molecule has 0 fully saturated rings. The first kappa shape index (κ1) is 10.3. The summed E-state index contributed by atoms with van der Waals surface area (Å²) in [6, 6.07) is 0. The second-order valence-electron chi connectivity index (χ2n) is 1.70. The molecule has 0 spiro atoms. The highest BCUT2D eigenvalue weighted by Gasteiger charge is 2.10. The lowest BCUT2D eigenvalue weighted by Gasteiger charge is -1.96. The van der Waals surface area contributed by atoms with Crippen molar-refractivity contribution in [1.82, 2.24) is 0 Å². The van der Waals surface area contributed by atoms with Crippen molar-refractivity contribution in [2.45, 2.75) is 19.8 Å². The van der Waals surface area contributed by atoms with Crippen molar-refractivity contribution >= 4 is 16.4 Å². The van der Waals surface area contributed by atoms with Crippen LogP contribution in [0, 0.1) is 0 Å². The Labute approximate surface area is 64.0 Å². The summed E-state index contributed by atoms with van der Waals surface area (Å²) in [4.78, 5) is 14.0. The van der Waals surface area contributed by atoms with Gasteiger partial charge in [0.2, 0.25) is 0 Å². The van der Waals surface area contributed by atoms with Gasteiger partial charge in [-0.25, -0.2) is 4.79 Å². The summed E-state index contributed by atoms with van der Waals surface area (Å²) < 4.78 is 30.8. The van der Waals surface area contributed by atoms with E-state index in [4.69, 9.17) is 4.55 Å². The molecule has 0 atom stereocenters. The second kappa shape index (κ2) is 4.27. The molecule has 6 nitrogen and oxygen atoms in total. The summed E-state index contributed by atoms with van der Waals surface area (Å²) in [6.07, 6.45) is 0.545. The van der Waals surface area contributed by atoms with Crippen molar-refractivity contribution in [2.24, 2.45) is 0 Å². The summed E-state index contributed by atoms with van der Waals surface area (Å²) >= 11 is 0. The van der Waals surface area contributed by atoms with Gasteiger partial charge >= 0.3 is 16.4 Å². The van der Waals surface area contributed by atoms with Crippen LogP contribution in [-0.2, 0) is 24.4 Å². The topological polar surface area (TPSA) is 89.9 Å². The summed E-state index contributed by atoms with van der Waals surface area (Å²) in [7, 11) is -4.68. The fraction of sp³-hybridized carbons (Fsp3) is 0.750. The highest BCUT2D eigenvalue weighted by molar-refractivity contribution is 7.80. The van der Waals surface area contributed by atoms with Gasteiger partial charge in [-0.3, -0.25) is 9.44 Å². The van der Waals surface area contributed by atoms with Gasteiger partial charge in [-0.05, 0) is 10.8 Å². The number of carbonyl (C=O) groups excluding carboxylic acids is 1. The first-order valence-corrected chi connectivity index (χ1v) is 4.18. The summed E-state index contributed by atoms with van der Waals surface area (Å²) in [5, 5.41) is 0. The van der Waals surface area contributed by atoms with Crippen molar-refractivity contribution < 1.29 is 27.0 Å². The lowest BCUT2D eigenvalue weighted by molar-refractivity contribution is -0.214. The van der Waals surface area contributed by atoms with Crippen LogP contribution >= 0.6 is 0 Å². The van der Waals surface area contributed by atoms with Gasteiger partial charge in [0.15, 0.2) is 0 Å². The van der Waals surface area contributed by atoms with Crippen molar-refractivity contribution in [3.8, 4) is 0 Å². The zero-order valence-electron chi connectivity index (χ0n) is 5.81. The molecule has 0 saturated heterocycles. The Balaban J connectivity index is 3.64. The van der Waals surface area contributed by atoms with E-state index < -0.39 is 16.4 Å². The molecule has 0 radical (unpaired) electrons. The van der Waals surface area contributed by atoms with Gasteiger partial charge in [-0.15, -0.1) is 0 Å². The van der Waals surface area contributed by atoms with E-state index in [0.29, 0.717) is 6.42 Å². The first-order valence-electron chi connectivity index (χ1n) is 2.82. The Kier molecular flexibility index (Phi) is 4.01. The molecule has 0 unspecified atom stereocenters. The van der Waals surface area contributed by atoms with Gasteiger partial charge < -0.3 is 0 Å². The minimum Gasteiger partial charge on any atom is -0.280 e. The molecule has 0 bridgehead atoms. The van der Waals surface area contributed by atoms with Gasteiger partial charge in [0, 0.05) is 6.42 Å². The average Bonchev–Trinajstić information content (AvgIpc) is 1.83. The van der Waals surface area contributed by atoms with E-state index in [0.717, 1.165) is 0 Å². The molecular formula is C4H8O6S. The highest BCUT2D eigenvalue weighted by atomic mass is 32.3. The van der Waals surface area contributed by atoms with Crippen molar-refractivity contribution in [2.75, 3.05) is 0 Å². The zero-order chi connectivity index (χ0) is 8.91. The van der Waals surface area contributed by atoms with E-state index in [1.807, 2.05) is 0 Å². The molecule has 0 aliphatic carbocycles. The summed E-state index contributed by atoms with van der Waals surface area (Å²) in [6.45, 7) is 1.70. The molecule has 0 aliphatic heterocycles. The van der Waals surface area contributed by atoms with Gasteiger partial charge in [0.1, 0.15) is 0 Å². The van der Waals surface area contributed by atoms with Gasteiger partial charge in [-0.1, -0.05) is 6.92 Å². The lowest BCUT2D eigenvalue weighted by Crippen LogP contribution is -2.10. The Hall–Kier alpha value is -0.660. The average molecular weight is 184 g/mol. The van der Waals surface area contributed by atoms with Crippen LogP contribution in [0.25, 0.3) is 0 Å². The van der Waals surface area contributed by atoms with E-state index in [2.05, 4.69) is 9.22 Å². The van der Waals surface area contributed by atoms with Crippen LogP contribution < -0.4 is 0 Å². The van der Waals surface area contributed by atoms with Crippen LogP contribution in [0.3, 0.4) is 0 Å².